The summed E-state index contributed by atoms with van der Waals surface area (Å²) < 4.78 is 13.0. The maximum absolute atomic E-state index is 11.7. The van der Waals surface area contributed by atoms with Crippen molar-refractivity contribution < 1.29 is 14.3 Å². The summed E-state index contributed by atoms with van der Waals surface area (Å²) in [5.74, 6) is 0.862. The quantitative estimate of drug-likeness (QED) is 0.731. The molecule has 3 heterocycles. The molecule has 2 aliphatic rings. The number of carbonyl (C=O) groups excluding carboxylic acids is 1. The van der Waals surface area contributed by atoms with Crippen molar-refractivity contribution in [2.45, 2.75) is 25.3 Å². The van der Waals surface area contributed by atoms with E-state index < -0.39 is 0 Å². The molecule has 2 aliphatic heterocycles. The molecule has 0 spiro atoms. The van der Waals surface area contributed by atoms with Crippen LogP contribution in [0.25, 0.3) is 0 Å². The number of nitrogens with zero attached hydrogens (tertiary/aromatic N) is 5. The summed E-state index contributed by atoms with van der Waals surface area (Å²) >= 11 is 0. The number of hydrogen-bond donors (Lipinski definition) is 0. The fourth-order valence-corrected chi connectivity index (χ4v) is 3.68. The maximum Gasteiger partial charge on any atom is 0.248 e. The smallest absolute Gasteiger partial charge is 0.248 e. The Bertz CT molecular complexity index is 583. The molecular weight excluding hydrogens is 322 g/mol. The number of rotatable bonds is 6. The topological polar surface area (TPSA) is 72.7 Å². The Hall–Kier alpha value is -1.51. The number of carbonyl (C=O) groups is 1. The molecule has 0 aliphatic carbocycles. The summed E-state index contributed by atoms with van der Waals surface area (Å²) in [6, 6.07) is 0. The SMILES string of the molecule is CN(C)C(=O)COCC1CN(CC2CCOCC2)Cc2nnn(C)c21. The molecule has 0 bridgehead atoms. The largest absolute Gasteiger partial charge is 0.381 e. The van der Waals surface area contributed by atoms with Crippen LogP contribution in [0.1, 0.15) is 30.1 Å². The van der Waals surface area contributed by atoms with E-state index >= 15 is 0 Å². The van der Waals surface area contributed by atoms with Crippen LogP contribution in [-0.2, 0) is 27.9 Å². The average Bonchev–Trinajstić information content (AvgIpc) is 2.96. The van der Waals surface area contributed by atoms with Crippen LogP contribution in [0.4, 0.5) is 0 Å². The molecule has 1 unspecified atom stereocenters. The van der Waals surface area contributed by atoms with Crippen LogP contribution in [0.2, 0.25) is 0 Å². The number of aryl methyl sites for hydroxylation is 1. The molecule has 0 N–H and O–H groups in total. The average molecular weight is 351 g/mol. The molecule has 1 saturated heterocycles. The first-order chi connectivity index (χ1) is 12.0. The second kappa shape index (κ2) is 8.25. The van der Waals surface area contributed by atoms with E-state index in [1.807, 2.05) is 11.7 Å². The van der Waals surface area contributed by atoms with Gasteiger partial charge in [0.05, 0.1) is 12.3 Å². The van der Waals surface area contributed by atoms with E-state index in [0.717, 1.165) is 57.1 Å². The molecule has 0 saturated carbocycles. The van der Waals surface area contributed by atoms with Crippen LogP contribution < -0.4 is 0 Å². The van der Waals surface area contributed by atoms with Gasteiger partial charge in [0.2, 0.25) is 5.91 Å². The molecule has 0 aromatic carbocycles. The van der Waals surface area contributed by atoms with E-state index in [9.17, 15) is 4.79 Å². The molecule has 8 heteroatoms. The first-order valence-corrected chi connectivity index (χ1v) is 9.01. The van der Waals surface area contributed by atoms with Crippen molar-refractivity contribution in [2.24, 2.45) is 13.0 Å². The molecule has 1 aromatic heterocycles. The van der Waals surface area contributed by atoms with Gasteiger partial charge < -0.3 is 14.4 Å². The summed E-state index contributed by atoms with van der Waals surface area (Å²) in [6.07, 6.45) is 2.25. The van der Waals surface area contributed by atoms with Crippen molar-refractivity contribution in [3.63, 3.8) is 0 Å². The molecule has 3 rings (SSSR count). The highest BCUT2D eigenvalue weighted by atomic mass is 16.5. The monoisotopic (exact) mass is 351 g/mol. The minimum atomic E-state index is -0.0155. The van der Waals surface area contributed by atoms with Crippen LogP contribution in [0, 0.1) is 5.92 Å². The summed E-state index contributed by atoms with van der Waals surface area (Å²) in [6.45, 7) is 5.19. The Kier molecular flexibility index (Phi) is 6.03. The molecule has 0 radical (unpaired) electrons. The zero-order valence-corrected chi connectivity index (χ0v) is 15.5. The molecular formula is C17H29N5O3. The van der Waals surface area contributed by atoms with Gasteiger partial charge in [-0.15, -0.1) is 5.10 Å². The Labute approximate surface area is 149 Å². The van der Waals surface area contributed by atoms with Gasteiger partial charge in [-0.05, 0) is 18.8 Å². The van der Waals surface area contributed by atoms with Crippen molar-refractivity contribution >= 4 is 5.91 Å². The Morgan fingerprint density at radius 1 is 1.36 bits per heavy atom. The van der Waals surface area contributed by atoms with E-state index in [4.69, 9.17) is 9.47 Å². The van der Waals surface area contributed by atoms with Gasteiger partial charge in [0.15, 0.2) is 0 Å². The Balaban J connectivity index is 1.61. The summed E-state index contributed by atoms with van der Waals surface area (Å²) in [5, 5.41) is 8.53. The van der Waals surface area contributed by atoms with E-state index in [2.05, 4.69) is 15.2 Å². The predicted molar refractivity (Wildman–Crippen MR) is 92.1 cm³/mol. The third-order valence-electron chi connectivity index (χ3n) is 5.08. The lowest BCUT2D eigenvalue weighted by Crippen LogP contribution is -2.40. The minimum Gasteiger partial charge on any atom is -0.381 e. The summed E-state index contributed by atoms with van der Waals surface area (Å²) in [5.41, 5.74) is 2.17. The summed E-state index contributed by atoms with van der Waals surface area (Å²) in [4.78, 5) is 15.7. The van der Waals surface area contributed by atoms with Crippen LogP contribution in [0.5, 0.6) is 0 Å². The van der Waals surface area contributed by atoms with Crippen molar-refractivity contribution in [3.05, 3.63) is 11.4 Å². The lowest BCUT2D eigenvalue weighted by Gasteiger charge is -2.35. The number of ether oxygens (including phenoxy) is 2. The van der Waals surface area contributed by atoms with Crippen LogP contribution in [-0.4, -0.2) is 84.3 Å². The first kappa shape index (κ1) is 18.3. The third-order valence-corrected chi connectivity index (χ3v) is 5.08. The van der Waals surface area contributed by atoms with E-state index in [1.165, 1.54) is 0 Å². The van der Waals surface area contributed by atoms with Crippen molar-refractivity contribution in [3.8, 4) is 0 Å². The van der Waals surface area contributed by atoms with Gasteiger partial charge in [-0.25, -0.2) is 0 Å². The first-order valence-electron chi connectivity index (χ1n) is 9.01. The fourth-order valence-electron chi connectivity index (χ4n) is 3.68. The molecule has 1 aromatic rings. The lowest BCUT2D eigenvalue weighted by atomic mass is 9.95. The molecule has 140 valence electrons. The molecule has 1 fully saturated rings. The highest BCUT2D eigenvalue weighted by molar-refractivity contribution is 5.76. The van der Waals surface area contributed by atoms with Crippen molar-refractivity contribution in [1.82, 2.24) is 24.8 Å². The van der Waals surface area contributed by atoms with Crippen molar-refractivity contribution in [1.29, 1.82) is 0 Å². The van der Waals surface area contributed by atoms with Gasteiger partial charge >= 0.3 is 0 Å². The highest BCUT2D eigenvalue weighted by Gasteiger charge is 2.31. The number of hydrogen-bond acceptors (Lipinski definition) is 6. The second-order valence-electron chi connectivity index (χ2n) is 7.30. The molecule has 8 nitrogen and oxygen atoms in total. The normalized spacial score (nSPS) is 22.0. The minimum absolute atomic E-state index is 0.0155. The van der Waals surface area contributed by atoms with Crippen LogP contribution in [0.3, 0.4) is 0 Å². The van der Waals surface area contributed by atoms with Crippen LogP contribution >= 0.6 is 0 Å². The van der Waals surface area contributed by atoms with Crippen molar-refractivity contribution in [2.75, 3.05) is 53.6 Å². The third kappa shape index (κ3) is 4.56. The number of likely N-dealkylation sites (N-methyl/N-ethyl adjacent to an activating group) is 1. The second-order valence-corrected chi connectivity index (χ2v) is 7.30. The number of aromatic nitrogens is 3. The van der Waals surface area contributed by atoms with Gasteiger partial charge in [0, 0.05) is 59.9 Å². The molecule has 1 amide bonds. The zero-order chi connectivity index (χ0) is 17.8. The zero-order valence-electron chi connectivity index (χ0n) is 15.5. The van der Waals surface area contributed by atoms with Gasteiger partial charge in [-0.3, -0.25) is 14.4 Å². The van der Waals surface area contributed by atoms with E-state index in [0.29, 0.717) is 12.5 Å². The Morgan fingerprint density at radius 2 is 2.12 bits per heavy atom. The standard InChI is InChI=1S/C17H29N5O3/c1-20(2)16(23)12-25-11-14-9-22(8-13-4-6-24-7-5-13)10-15-17(14)21(3)19-18-15/h13-14H,4-12H2,1-3H3. The fraction of sp³-hybridized carbons (Fsp3) is 0.824. The molecule has 25 heavy (non-hydrogen) atoms. The van der Waals surface area contributed by atoms with Crippen LogP contribution in [0.15, 0.2) is 0 Å². The Morgan fingerprint density at radius 3 is 2.84 bits per heavy atom. The number of fused-ring (bicyclic) bond motifs is 1. The van der Waals surface area contributed by atoms with Gasteiger partial charge in [0.25, 0.3) is 0 Å². The van der Waals surface area contributed by atoms with Gasteiger partial charge in [-0.2, -0.15) is 0 Å². The van der Waals surface area contributed by atoms with Gasteiger partial charge in [0.1, 0.15) is 12.3 Å². The number of amides is 1. The van der Waals surface area contributed by atoms with Gasteiger partial charge in [-0.1, -0.05) is 5.21 Å². The highest BCUT2D eigenvalue weighted by Crippen LogP contribution is 2.28. The van der Waals surface area contributed by atoms with E-state index in [1.54, 1.807) is 19.0 Å². The summed E-state index contributed by atoms with van der Waals surface area (Å²) in [7, 11) is 5.41. The van der Waals surface area contributed by atoms with E-state index in [-0.39, 0.29) is 18.4 Å². The maximum atomic E-state index is 11.7. The predicted octanol–water partition coefficient (Wildman–Crippen LogP) is 0.246. The lowest BCUT2D eigenvalue weighted by molar-refractivity contribution is -0.133. The molecule has 1 atom stereocenters.